The molecule has 160 valence electrons. The van der Waals surface area contributed by atoms with Crippen LogP contribution in [0.5, 0.6) is 0 Å². The quantitative estimate of drug-likeness (QED) is 0.637. The minimum atomic E-state index is 0.0312. The van der Waals surface area contributed by atoms with E-state index in [0.717, 1.165) is 53.4 Å². The number of aryl methyl sites for hydroxylation is 3. The van der Waals surface area contributed by atoms with E-state index in [0.29, 0.717) is 6.54 Å². The summed E-state index contributed by atoms with van der Waals surface area (Å²) in [5.74, 6) is 1.10. The third-order valence-electron chi connectivity index (χ3n) is 5.54. The number of pyridine rings is 2. The fourth-order valence-electron chi connectivity index (χ4n) is 3.95. The van der Waals surface area contributed by atoms with E-state index in [2.05, 4.69) is 21.5 Å². The van der Waals surface area contributed by atoms with Crippen LogP contribution in [0.15, 0.2) is 48.9 Å². The number of aromatic nitrogens is 4. The van der Waals surface area contributed by atoms with Crippen molar-refractivity contribution in [2.24, 2.45) is 7.05 Å². The Kier molecular flexibility index (Phi) is 6.11. The number of rotatable bonds is 5. The van der Waals surface area contributed by atoms with Crippen LogP contribution >= 0.6 is 0 Å². The number of nitrogens with one attached hydrogen (secondary N) is 1. The Morgan fingerprint density at radius 2 is 2.16 bits per heavy atom. The molecule has 0 bridgehead atoms. The van der Waals surface area contributed by atoms with Crippen LogP contribution < -0.4 is 5.32 Å². The largest absolute Gasteiger partial charge is 0.340 e. The van der Waals surface area contributed by atoms with E-state index in [-0.39, 0.29) is 11.8 Å². The molecule has 1 aliphatic heterocycles. The van der Waals surface area contributed by atoms with Crippen molar-refractivity contribution < 1.29 is 4.79 Å². The summed E-state index contributed by atoms with van der Waals surface area (Å²) in [5, 5.41) is 7.55. The molecule has 7 heteroatoms. The molecule has 0 aliphatic carbocycles. The van der Waals surface area contributed by atoms with Gasteiger partial charge in [0.1, 0.15) is 5.82 Å². The molecule has 3 aromatic rings. The van der Waals surface area contributed by atoms with Crippen LogP contribution in [-0.4, -0.2) is 43.6 Å². The highest BCUT2D eigenvalue weighted by Crippen LogP contribution is 2.29. The summed E-state index contributed by atoms with van der Waals surface area (Å²) in [5.41, 5.74) is 4.96. The number of nitrogens with zero attached hydrogens (tertiary/aromatic N) is 5. The zero-order valence-electron chi connectivity index (χ0n) is 18.2. The highest BCUT2D eigenvalue weighted by molar-refractivity contribution is 5.91. The third kappa shape index (κ3) is 5.17. The maximum absolute atomic E-state index is 12.7. The number of carbonyl (C=O) groups is 1. The molecule has 7 nitrogen and oxygen atoms in total. The molecule has 0 spiro atoms. The fraction of sp³-hybridized carbons (Fsp3) is 0.333. The minimum absolute atomic E-state index is 0.0312. The lowest BCUT2D eigenvalue weighted by atomic mass is 9.93. The number of likely N-dealkylation sites (tertiary alicyclic amines) is 1. The van der Waals surface area contributed by atoms with Crippen molar-refractivity contribution in [1.82, 2.24) is 24.6 Å². The van der Waals surface area contributed by atoms with Gasteiger partial charge in [0.15, 0.2) is 0 Å². The lowest BCUT2D eigenvalue weighted by molar-refractivity contribution is -0.127. The van der Waals surface area contributed by atoms with E-state index in [1.165, 1.54) is 0 Å². The van der Waals surface area contributed by atoms with Crippen molar-refractivity contribution in [3.05, 3.63) is 71.4 Å². The second kappa shape index (κ2) is 9.12. The lowest BCUT2D eigenvalue weighted by Gasteiger charge is -2.32. The van der Waals surface area contributed by atoms with Gasteiger partial charge in [-0.1, -0.05) is 6.07 Å². The molecule has 1 N–H and O–H groups in total. The van der Waals surface area contributed by atoms with E-state index >= 15 is 0 Å². The Bertz CT molecular complexity index is 1100. The SMILES string of the molecule is Cc1cc(Nc2ncccc2C)cc([C@@H]2CCCN(C(=O)/C=C/c3cnn(C)c3)C2)n1. The molecule has 0 saturated carbocycles. The highest BCUT2D eigenvalue weighted by Gasteiger charge is 2.25. The molecule has 4 heterocycles. The van der Waals surface area contributed by atoms with Gasteiger partial charge in [-0.25, -0.2) is 4.98 Å². The van der Waals surface area contributed by atoms with Gasteiger partial charge in [0, 0.05) is 67.2 Å². The summed E-state index contributed by atoms with van der Waals surface area (Å²) in [6.07, 6.45) is 10.9. The molecule has 1 saturated heterocycles. The van der Waals surface area contributed by atoms with Crippen LogP contribution in [0.2, 0.25) is 0 Å². The third-order valence-corrected chi connectivity index (χ3v) is 5.54. The summed E-state index contributed by atoms with van der Waals surface area (Å²) >= 11 is 0. The van der Waals surface area contributed by atoms with Gasteiger partial charge in [-0.05, 0) is 56.5 Å². The lowest BCUT2D eigenvalue weighted by Crippen LogP contribution is -2.38. The molecule has 3 aromatic heterocycles. The summed E-state index contributed by atoms with van der Waals surface area (Å²) in [6.45, 7) is 5.49. The number of hydrogen-bond acceptors (Lipinski definition) is 5. The smallest absolute Gasteiger partial charge is 0.246 e. The van der Waals surface area contributed by atoms with Crippen LogP contribution in [0.1, 0.15) is 41.3 Å². The van der Waals surface area contributed by atoms with E-state index in [9.17, 15) is 4.79 Å². The fourth-order valence-corrected chi connectivity index (χ4v) is 3.95. The predicted octanol–water partition coefficient (Wildman–Crippen LogP) is 3.99. The summed E-state index contributed by atoms with van der Waals surface area (Å²) < 4.78 is 1.72. The molecule has 4 rings (SSSR count). The minimum Gasteiger partial charge on any atom is -0.340 e. The van der Waals surface area contributed by atoms with Crippen LogP contribution in [0.3, 0.4) is 0 Å². The van der Waals surface area contributed by atoms with E-state index < -0.39 is 0 Å². The molecule has 1 atom stereocenters. The van der Waals surface area contributed by atoms with Gasteiger partial charge in [0.05, 0.1) is 6.20 Å². The molecule has 0 aromatic carbocycles. The molecular weight excluding hydrogens is 388 g/mol. The monoisotopic (exact) mass is 416 g/mol. The van der Waals surface area contributed by atoms with Gasteiger partial charge >= 0.3 is 0 Å². The maximum atomic E-state index is 12.7. The van der Waals surface area contributed by atoms with Gasteiger partial charge in [-0.2, -0.15) is 5.10 Å². The highest BCUT2D eigenvalue weighted by atomic mass is 16.2. The predicted molar refractivity (Wildman–Crippen MR) is 122 cm³/mol. The first-order valence-electron chi connectivity index (χ1n) is 10.6. The first-order chi connectivity index (χ1) is 15.0. The van der Waals surface area contributed by atoms with Gasteiger partial charge in [0.2, 0.25) is 5.91 Å². The standard InChI is InChI=1S/C24H28N6O/c1-17-6-4-10-25-24(17)28-21-12-18(2)27-22(13-21)20-7-5-11-30(16-20)23(31)9-8-19-14-26-29(3)15-19/h4,6,8-10,12-15,20H,5,7,11,16H2,1-3H3,(H,25,27,28)/b9-8+/t20-/m1/s1. The van der Waals surface area contributed by atoms with Gasteiger partial charge < -0.3 is 10.2 Å². The molecular formula is C24H28N6O. The van der Waals surface area contributed by atoms with E-state index in [1.807, 2.05) is 56.3 Å². The number of hydrogen-bond donors (Lipinski definition) is 1. The second-order valence-electron chi connectivity index (χ2n) is 8.12. The van der Waals surface area contributed by atoms with E-state index in [1.54, 1.807) is 23.2 Å². The van der Waals surface area contributed by atoms with Crippen LogP contribution in [0.25, 0.3) is 6.08 Å². The number of amides is 1. The maximum Gasteiger partial charge on any atom is 0.246 e. The first kappa shape index (κ1) is 20.8. The average molecular weight is 417 g/mol. The van der Waals surface area contributed by atoms with Crippen LogP contribution in [0.4, 0.5) is 11.5 Å². The summed E-state index contributed by atoms with van der Waals surface area (Å²) in [4.78, 5) is 23.9. The van der Waals surface area contributed by atoms with Crippen molar-refractivity contribution in [2.75, 3.05) is 18.4 Å². The van der Waals surface area contributed by atoms with Crippen molar-refractivity contribution in [3.8, 4) is 0 Å². The number of carbonyl (C=O) groups excluding carboxylic acids is 1. The zero-order chi connectivity index (χ0) is 21.8. The zero-order valence-corrected chi connectivity index (χ0v) is 18.2. The van der Waals surface area contributed by atoms with Crippen molar-refractivity contribution in [3.63, 3.8) is 0 Å². The van der Waals surface area contributed by atoms with Crippen LogP contribution in [-0.2, 0) is 11.8 Å². The Labute approximate surface area is 182 Å². The molecule has 1 aliphatic rings. The Hall–Kier alpha value is -3.48. The summed E-state index contributed by atoms with van der Waals surface area (Å²) in [6, 6.07) is 8.08. The second-order valence-corrected chi connectivity index (χ2v) is 8.12. The number of piperidine rings is 1. The normalized spacial score (nSPS) is 16.6. The van der Waals surface area contributed by atoms with Crippen molar-refractivity contribution >= 4 is 23.5 Å². The van der Waals surface area contributed by atoms with Gasteiger partial charge in [0.25, 0.3) is 0 Å². The molecule has 0 radical (unpaired) electrons. The molecule has 1 fully saturated rings. The van der Waals surface area contributed by atoms with E-state index in [4.69, 9.17) is 4.98 Å². The van der Waals surface area contributed by atoms with Gasteiger partial charge in [-0.15, -0.1) is 0 Å². The molecule has 1 amide bonds. The van der Waals surface area contributed by atoms with Crippen molar-refractivity contribution in [1.29, 1.82) is 0 Å². The topological polar surface area (TPSA) is 75.9 Å². The van der Waals surface area contributed by atoms with Crippen molar-refractivity contribution in [2.45, 2.75) is 32.6 Å². The van der Waals surface area contributed by atoms with Gasteiger partial charge in [-0.3, -0.25) is 14.5 Å². The Morgan fingerprint density at radius 1 is 1.29 bits per heavy atom. The first-order valence-corrected chi connectivity index (χ1v) is 10.6. The Balaban J connectivity index is 1.47. The molecule has 0 unspecified atom stereocenters. The average Bonchev–Trinajstić information content (AvgIpc) is 3.18. The molecule has 31 heavy (non-hydrogen) atoms. The number of anilines is 2. The Morgan fingerprint density at radius 3 is 2.94 bits per heavy atom. The van der Waals surface area contributed by atoms with Crippen LogP contribution in [0, 0.1) is 13.8 Å². The summed E-state index contributed by atoms with van der Waals surface area (Å²) in [7, 11) is 1.86.